The number of allylic oxidation sites excluding steroid dienone is 1. The Morgan fingerprint density at radius 3 is 2.49 bits per heavy atom. The molecule has 0 aliphatic carbocycles. The Labute approximate surface area is 318 Å². The van der Waals surface area contributed by atoms with Gasteiger partial charge in [0.05, 0.1) is 34.5 Å². The molecule has 3 saturated heterocycles. The smallest absolute Gasteiger partial charge is 0.329 e. The van der Waals surface area contributed by atoms with Gasteiger partial charge in [-0.3, -0.25) is 28.8 Å². The average molecular weight is 744 g/mol. The number of phenols is 1. The Bertz CT molecular complexity index is 2310. The molecule has 55 heavy (non-hydrogen) atoms. The molecule has 8 rings (SSSR count). The van der Waals surface area contributed by atoms with E-state index in [2.05, 4.69) is 31.5 Å². The summed E-state index contributed by atoms with van der Waals surface area (Å²) in [5, 5.41) is 21.2. The van der Waals surface area contributed by atoms with Crippen molar-refractivity contribution in [2.45, 2.75) is 89.0 Å². The summed E-state index contributed by atoms with van der Waals surface area (Å²) in [7, 11) is 0. The number of hydrogen-bond donors (Lipinski definition) is 2. The molecule has 0 radical (unpaired) electrons. The van der Waals surface area contributed by atoms with Crippen molar-refractivity contribution >= 4 is 34.4 Å². The first kappa shape index (κ1) is 36.0. The minimum Gasteiger partial charge on any atom is -0.507 e. The number of hydrogen-bond acceptors (Lipinski definition) is 10. The fourth-order valence-electron chi connectivity index (χ4n) is 8.29. The van der Waals surface area contributed by atoms with Gasteiger partial charge in [-0.25, -0.2) is 14.5 Å². The van der Waals surface area contributed by atoms with Gasteiger partial charge in [0.1, 0.15) is 17.6 Å². The quantitative estimate of drug-likeness (QED) is 0.0682. The van der Waals surface area contributed by atoms with Gasteiger partial charge in [-0.1, -0.05) is 54.8 Å². The monoisotopic (exact) mass is 743 g/mol. The number of para-hydroxylation sites is 3. The maximum atomic E-state index is 13.5. The van der Waals surface area contributed by atoms with Gasteiger partial charge in [0.2, 0.25) is 11.8 Å². The highest BCUT2D eigenvalue weighted by Crippen LogP contribution is 2.34. The number of likely N-dealkylation sites (tertiary alicyclic amines) is 1. The van der Waals surface area contributed by atoms with Crippen LogP contribution >= 0.6 is 0 Å². The van der Waals surface area contributed by atoms with Crippen LogP contribution in [0.3, 0.4) is 0 Å². The fourth-order valence-corrected chi connectivity index (χ4v) is 8.29. The van der Waals surface area contributed by atoms with Crippen LogP contribution in [0.15, 0.2) is 90.0 Å². The zero-order chi connectivity index (χ0) is 37.9. The van der Waals surface area contributed by atoms with Crippen molar-refractivity contribution in [1.29, 1.82) is 0 Å². The summed E-state index contributed by atoms with van der Waals surface area (Å²) >= 11 is 0. The molecule has 0 spiro atoms. The molecule has 3 aliphatic heterocycles. The van der Waals surface area contributed by atoms with Crippen LogP contribution < -0.4 is 15.9 Å². The Morgan fingerprint density at radius 1 is 0.873 bits per heavy atom. The van der Waals surface area contributed by atoms with E-state index in [1.54, 1.807) is 33.4 Å². The summed E-state index contributed by atoms with van der Waals surface area (Å²) in [5.74, 6) is 0.0215. The number of carbonyl (C=O) groups excluding carboxylic acids is 3. The molecular weight excluding hydrogens is 699 g/mol. The molecular formula is C41H45N9O5. The second-order valence-corrected chi connectivity index (χ2v) is 14.8. The van der Waals surface area contributed by atoms with Crippen LogP contribution in [0.2, 0.25) is 0 Å². The van der Waals surface area contributed by atoms with E-state index in [-0.39, 0.29) is 29.6 Å². The summed E-state index contributed by atoms with van der Waals surface area (Å²) in [6, 6.07) is 20.2. The maximum absolute atomic E-state index is 13.5. The molecule has 3 fully saturated rings. The predicted molar refractivity (Wildman–Crippen MR) is 206 cm³/mol. The molecule has 0 saturated carbocycles. The molecule has 5 aromatic rings. The molecule has 2 aromatic carbocycles. The minimum absolute atomic E-state index is 0.00635. The highest BCUT2D eigenvalue weighted by Gasteiger charge is 2.42. The van der Waals surface area contributed by atoms with Crippen molar-refractivity contribution in [1.82, 2.24) is 39.3 Å². The van der Waals surface area contributed by atoms with E-state index in [0.29, 0.717) is 37.2 Å². The number of pyridine rings is 1. The van der Waals surface area contributed by atoms with Crippen molar-refractivity contribution in [2.24, 2.45) is 0 Å². The number of fused-ring (bicyclic) bond motifs is 3. The largest absolute Gasteiger partial charge is 0.507 e. The van der Waals surface area contributed by atoms with Gasteiger partial charge in [0, 0.05) is 56.6 Å². The van der Waals surface area contributed by atoms with E-state index in [9.17, 15) is 24.3 Å². The molecule has 2 N–H and O–H groups in total. The number of amides is 2. The number of aromatic hydroxyl groups is 1. The number of aromatic nitrogens is 6. The van der Waals surface area contributed by atoms with Gasteiger partial charge >= 0.3 is 5.69 Å². The number of imidazole rings is 1. The van der Waals surface area contributed by atoms with Gasteiger partial charge in [-0.05, 0) is 68.5 Å². The van der Waals surface area contributed by atoms with Crippen LogP contribution in [-0.2, 0) is 29.1 Å². The van der Waals surface area contributed by atoms with Crippen molar-refractivity contribution in [3.63, 3.8) is 0 Å². The summed E-state index contributed by atoms with van der Waals surface area (Å²) in [6.45, 7) is 2.75. The normalized spacial score (nSPS) is 19.6. The summed E-state index contributed by atoms with van der Waals surface area (Å²) in [4.78, 5) is 59.9. The fraction of sp³-hybridized carbons (Fsp3) is 0.390. The molecule has 284 valence electrons. The molecule has 1 unspecified atom stereocenters. The third-order valence-electron chi connectivity index (χ3n) is 11.1. The van der Waals surface area contributed by atoms with Crippen LogP contribution in [0.5, 0.6) is 5.75 Å². The number of imide groups is 1. The second kappa shape index (κ2) is 15.7. The lowest BCUT2D eigenvalue weighted by molar-refractivity contribution is -0.135. The third-order valence-corrected chi connectivity index (χ3v) is 11.1. The number of aryl methyl sites for hydroxylation is 2. The zero-order valence-electron chi connectivity index (χ0n) is 30.7. The predicted octanol–water partition coefficient (Wildman–Crippen LogP) is 4.37. The van der Waals surface area contributed by atoms with E-state index in [4.69, 9.17) is 4.98 Å². The van der Waals surface area contributed by atoms with Crippen molar-refractivity contribution in [3.8, 4) is 5.75 Å². The van der Waals surface area contributed by atoms with Gasteiger partial charge in [-0.2, -0.15) is 0 Å². The van der Waals surface area contributed by atoms with Crippen LogP contribution in [-0.4, -0.2) is 81.9 Å². The Morgan fingerprint density at radius 2 is 1.67 bits per heavy atom. The molecule has 3 atom stereocenters. The number of nitrogens with one attached hydrogen (secondary N) is 1. The van der Waals surface area contributed by atoms with Gasteiger partial charge in [0.15, 0.2) is 5.78 Å². The Hall–Kier alpha value is -6.05. The second-order valence-electron chi connectivity index (χ2n) is 14.8. The first-order valence-corrected chi connectivity index (χ1v) is 19.2. The molecule has 2 amide bonds. The van der Waals surface area contributed by atoms with E-state index in [1.165, 1.54) is 6.07 Å². The first-order valence-electron chi connectivity index (χ1n) is 19.2. The number of nitrogens with zero attached hydrogens (tertiary/aromatic N) is 8. The molecule has 2 bridgehead atoms. The maximum Gasteiger partial charge on any atom is 0.329 e. The van der Waals surface area contributed by atoms with Crippen LogP contribution in [0.25, 0.3) is 11.0 Å². The van der Waals surface area contributed by atoms with E-state index < -0.39 is 11.9 Å². The van der Waals surface area contributed by atoms with Gasteiger partial charge in [-0.15, -0.1) is 5.10 Å². The van der Waals surface area contributed by atoms with E-state index >= 15 is 0 Å². The number of piperazine rings is 1. The summed E-state index contributed by atoms with van der Waals surface area (Å²) in [6.07, 6.45) is 12.7. The Kier molecular flexibility index (Phi) is 10.3. The number of anilines is 1. The van der Waals surface area contributed by atoms with Crippen LogP contribution in [0.1, 0.15) is 79.2 Å². The van der Waals surface area contributed by atoms with E-state index in [0.717, 1.165) is 86.3 Å². The number of piperidine rings is 1. The Balaban J connectivity index is 0.776. The lowest BCUT2D eigenvalue weighted by Gasteiger charge is -2.34. The minimum atomic E-state index is -0.679. The molecule has 3 aliphatic rings. The third kappa shape index (κ3) is 7.66. The van der Waals surface area contributed by atoms with Crippen LogP contribution in [0.4, 0.5) is 5.82 Å². The van der Waals surface area contributed by atoms with Crippen molar-refractivity contribution in [2.75, 3.05) is 18.0 Å². The topological polar surface area (TPSA) is 160 Å². The lowest BCUT2D eigenvalue weighted by atomic mass is 10.1. The van der Waals surface area contributed by atoms with Crippen molar-refractivity contribution < 1.29 is 19.5 Å². The average Bonchev–Trinajstić information content (AvgIpc) is 3.97. The summed E-state index contributed by atoms with van der Waals surface area (Å²) < 4.78 is 5.15. The number of ketones is 1. The summed E-state index contributed by atoms with van der Waals surface area (Å²) in [5.41, 5.74) is 3.50. The molecule has 14 nitrogen and oxygen atoms in total. The highest BCUT2D eigenvalue weighted by molar-refractivity contribution is 6.06. The number of rotatable bonds is 15. The number of carbonyl (C=O) groups is 3. The zero-order valence-corrected chi connectivity index (χ0v) is 30.7. The van der Waals surface area contributed by atoms with E-state index in [1.807, 2.05) is 53.5 Å². The standard InChI is InChI=1S/C41H45N9O5/c51-36-16-8-5-13-32(36)37(52)20-22-46-26-31-23-30(46)27-49(31)38-17-10-12-28(42-38)24-47-25-29(44-45-47)11-4-2-1-3-9-21-48-33-14-6-7-15-34(33)50(41(48)55)35-18-19-39(53)43-40(35)54/h5-8,10,12-17,20,22,25,30-31,35,51H,1-4,9,11,18-19,21,23-24,26-27H2,(H,43,53,54)/b22-20+/t30-,31-,35?/m1/s1. The van der Waals surface area contributed by atoms with Crippen molar-refractivity contribution in [3.05, 3.63) is 113 Å². The van der Waals surface area contributed by atoms with Gasteiger partial charge in [0.25, 0.3) is 0 Å². The molecule has 3 aromatic heterocycles. The first-order chi connectivity index (χ1) is 26.8. The number of unbranched alkanes of at least 4 members (excludes halogenated alkanes) is 4. The number of benzene rings is 2. The van der Waals surface area contributed by atoms with Gasteiger partial charge < -0.3 is 14.9 Å². The van der Waals surface area contributed by atoms with Crippen LogP contribution in [0, 0.1) is 0 Å². The number of phenolic OH excluding ortho intramolecular Hbond substituents is 1. The SMILES string of the molecule is O=C1CCC(n2c(=O)n(CCCCCCCc3cn(Cc4cccc(N5C[C@H]6C[C@@H]5CN6/C=C/C(=O)c5ccccc5O)n4)nn3)c3ccccc32)C(=O)N1. The molecule has 14 heteroatoms. The lowest BCUT2D eigenvalue weighted by Crippen LogP contribution is -2.44. The molecule has 6 heterocycles. The highest BCUT2D eigenvalue weighted by atomic mass is 16.3.